The van der Waals surface area contributed by atoms with Gasteiger partial charge >= 0.3 is 0 Å². The summed E-state index contributed by atoms with van der Waals surface area (Å²) >= 11 is 1.52. The zero-order valence-electron chi connectivity index (χ0n) is 14.3. The number of rotatable bonds is 4. The van der Waals surface area contributed by atoms with Crippen LogP contribution in [0, 0.1) is 11.6 Å². The molecule has 25 heavy (non-hydrogen) atoms. The number of likely N-dealkylation sites (tertiary alicyclic amines) is 1. The molecule has 2 aromatic rings. The third-order valence-electron chi connectivity index (χ3n) is 4.64. The zero-order valence-corrected chi connectivity index (χ0v) is 15.1. The van der Waals surface area contributed by atoms with Crippen LogP contribution in [0.5, 0.6) is 0 Å². The van der Waals surface area contributed by atoms with Crippen molar-refractivity contribution in [3.63, 3.8) is 0 Å². The summed E-state index contributed by atoms with van der Waals surface area (Å²) in [7, 11) is 0. The van der Waals surface area contributed by atoms with Crippen molar-refractivity contribution in [1.29, 1.82) is 0 Å². The number of carbonyl (C=O) groups excluding carboxylic acids is 1. The molecule has 2 unspecified atom stereocenters. The molecular weight excluding hydrogens is 344 g/mol. The fourth-order valence-corrected chi connectivity index (χ4v) is 3.51. The maximum absolute atomic E-state index is 14.0. The molecule has 2 atom stereocenters. The average molecular weight is 365 g/mol. The van der Waals surface area contributed by atoms with E-state index in [2.05, 4.69) is 9.97 Å². The van der Waals surface area contributed by atoms with Crippen molar-refractivity contribution < 1.29 is 13.6 Å². The Bertz CT molecular complexity index is 765. The number of hydrogen-bond donors (Lipinski definition) is 1. The second-order valence-corrected chi connectivity index (χ2v) is 7.38. The SMILES string of the molecule is CSC(C)C(=O)N1CCCCC1c1ncc(-c2cccc(F)c2F)[nH]1. The van der Waals surface area contributed by atoms with Crippen molar-refractivity contribution in [1.82, 2.24) is 14.9 Å². The van der Waals surface area contributed by atoms with Gasteiger partial charge in [-0.15, -0.1) is 0 Å². The molecule has 0 saturated carbocycles. The van der Waals surface area contributed by atoms with Crippen LogP contribution in [0.3, 0.4) is 0 Å². The summed E-state index contributed by atoms with van der Waals surface area (Å²) < 4.78 is 27.5. The van der Waals surface area contributed by atoms with Crippen LogP contribution in [-0.4, -0.2) is 38.8 Å². The molecule has 0 bridgehead atoms. The standard InChI is InChI=1S/C18H21F2N3OS/c1-11(25-2)18(24)23-9-4-3-8-15(23)17-21-10-14(22-17)12-6-5-7-13(19)16(12)20/h5-7,10-11,15H,3-4,8-9H2,1-2H3,(H,21,22). The van der Waals surface area contributed by atoms with Gasteiger partial charge in [0, 0.05) is 12.1 Å². The lowest BCUT2D eigenvalue weighted by atomic mass is 10.0. The molecule has 3 rings (SSSR count). The van der Waals surface area contributed by atoms with E-state index in [1.165, 1.54) is 30.1 Å². The highest BCUT2D eigenvalue weighted by Crippen LogP contribution is 2.32. The third-order valence-corrected chi connectivity index (χ3v) is 5.55. The van der Waals surface area contributed by atoms with Gasteiger partial charge in [-0.3, -0.25) is 4.79 Å². The molecule has 2 heterocycles. The smallest absolute Gasteiger partial charge is 0.236 e. The Balaban J connectivity index is 1.89. The Morgan fingerprint density at radius 1 is 1.40 bits per heavy atom. The van der Waals surface area contributed by atoms with E-state index in [0.29, 0.717) is 18.1 Å². The zero-order chi connectivity index (χ0) is 18.0. The van der Waals surface area contributed by atoms with Gasteiger partial charge in [0.2, 0.25) is 5.91 Å². The number of carbonyl (C=O) groups is 1. The van der Waals surface area contributed by atoms with E-state index in [4.69, 9.17) is 0 Å². The number of aromatic amines is 1. The van der Waals surface area contributed by atoms with Crippen LogP contribution in [0.15, 0.2) is 24.4 Å². The normalized spacial score (nSPS) is 19.0. The minimum absolute atomic E-state index is 0.0899. The Kier molecular flexibility index (Phi) is 5.42. The van der Waals surface area contributed by atoms with E-state index < -0.39 is 11.6 Å². The quantitative estimate of drug-likeness (QED) is 0.885. The van der Waals surface area contributed by atoms with Crippen LogP contribution in [0.25, 0.3) is 11.3 Å². The van der Waals surface area contributed by atoms with Crippen LogP contribution in [0.4, 0.5) is 8.78 Å². The first-order valence-electron chi connectivity index (χ1n) is 8.35. The van der Waals surface area contributed by atoms with Crippen molar-refractivity contribution >= 4 is 17.7 Å². The number of benzene rings is 1. The largest absolute Gasteiger partial charge is 0.340 e. The fourth-order valence-electron chi connectivity index (χ4n) is 3.17. The van der Waals surface area contributed by atoms with Gasteiger partial charge in [-0.1, -0.05) is 6.07 Å². The number of amides is 1. The number of imidazole rings is 1. The van der Waals surface area contributed by atoms with Gasteiger partial charge in [-0.25, -0.2) is 13.8 Å². The van der Waals surface area contributed by atoms with Crippen LogP contribution >= 0.6 is 11.8 Å². The number of aromatic nitrogens is 2. The summed E-state index contributed by atoms with van der Waals surface area (Å²) in [5, 5.41) is -0.115. The Labute approximate surface area is 150 Å². The summed E-state index contributed by atoms with van der Waals surface area (Å²) in [4.78, 5) is 21.9. The second kappa shape index (κ2) is 7.56. The Morgan fingerprint density at radius 2 is 2.20 bits per heavy atom. The van der Waals surface area contributed by atoms with Crippen LogP contribution in [0.2, 0.25) is 0 Å². The van der Waals surface area contributed by atoms with Gasteiger partial charge in [-0.2, -0.15) is 11.8 Å². The number of nitrogens with zero attached hydrogens (tertiary/aromatic N) is 2. The molecule has 7 heteroatoms. The Hall–Kier alpha value is -1.89. The number of nitrogens with one attached hydrogen (secondary N) is 1. The summed E-state index contributed by atoms with van der Waals surface area (Å²) in [6.07, 6.45) is 6.20. The predicted molar refractivity (Wildman–Crippen MR) is 95.2 cm³/mol. The third kappa shape index (κ3) is 3.56. The van der Waals surface area contributed by atoms with Crippen LogP contribution < -0.4 is 0 Å². The molecule has 0 radical (unpaired) electrons. The van der Waals surface area contributed by atoms with Crippen molar-refractivity contribution in [3.8, 4) is 11.3 Å². The molecule has 4 nitrogen and oxygen atoms in total. The first-order valence-corrected chi connectivity index (χ1v) is 9.64. The van der Waals surface area contributed by atoms with Crippen LogP contribution in [0.1, 0.15) is 38.1 Å². The lowest BCUT2D eigenvalue weighted by Gasteiger charge is -2.36. The van der Waals surface area contributed by atoms with E-state index in [9.17, 15) is 13.6 Å². The molecule has 1 fully saturated rings. The van der Waals surface area contributed by atoms with Gasteiger partial charge in [0.15, 0.2) is 11.6 Å². The average Bonchev–Trinajstić information content (AvgIpc) is 3.12. The first kappa shape index (κ1) is 17.9. The number of H-pyrrole nitrogens is 1. The minimum Gasteiger partial charge on any atom is -0.340 e. The first-order chi connectivity index (χ1) is 12.0. The number of halogens is 2. The monoisotopic (exact) mass is 365 g/mol. The fraction of sp³-hybridized carbons (Fsp3) is 0.444. The van der Waals surface area contributed by atoms with E-state index in [1.54, 1.807) is 0 Å². The highest BCUT2D eigenvalue weighted by atomic mass is 32.2. The molecule has 1 aromatic heterocycles. The summed E-state index contributed by atoms with van der Waals surface area (Å²) in [5.41, 5.74) is 0.563. The molecule has 0 spiro atoms. The molecule has 0 aliphatic carbocycles. The second-order valence-electron chi connectivity index (χ2n) is 6.20. The maximum atomic E-state index is 14.0. The van der Waals surface area contributed by atoms with E-state index in [1.807, 2.05) is 18.1 Å². The highest BCUT2D eigenvalue weighted by molar-refractivity contribution is 7.99. The highest BCUT2D eigenvalue weighted by Gasteiger charge is 2.32. The molecular formula is C18H21F2N3OS. The van der Waals surface area contributed by atoms with Crippen molar-refractivity contribution in [2.75, 3.05) is 12.8 Å². The van der Waals surface area contributed by atoms with Gasteiger partial charge in [-0.05, 0) is 44.6 Å². The van der Waals surface area contributed by atoms with Gasteiger partial charge in [0.25, 0.3) is 0 Å². The van der Waals surface area contributed by atoms with E-state index >= 15 is 0 Å². The summed E-state index contributed by atoms with van der Waals surface area (Å²) in [5.74, 6) is -1.07. The van der Waals surface area contributed by atoms with Crippen molar-refractivity contribution in [2.45, 2.75) is 37.5 Å². The summed E-state index contributed by atoms with van der Waals surface area (Å²) in [6, 6.07) is 3.91. The predicted octanol–water partition coefficient (Wildman–Crippen LogP) is 4.16. The topological polar surface area (TPSA) is 49.0 Å². The van der Waals surface area contributed by atoms with Gasteiger partial charge in [0.05, 0.1) is 23.2 Å². The molecule has 1 N–H and O–H groups in total. The summed E-state index contributed by atoms with van der Waals surface area (Å²) in [6.45, 7) is 2.59. The molecule has 134 valence electrons. The van der Waals surface area contributed by atoms with Gasteiger partial charge in [0.1, 0.15) is 5.82 Å². The van der Waals surface area contributed by atoms with E-state index in [0.717, 1.165) is 25.3 Å². The molecule has 1 saturated heterocycles. The molecule has 1 aromatic carbocycles. The van der Waals surface area contributed by atoms with E-state index in [-0.39, 0.29) is 22.8 Å². The molecule has 1 aliphatic heterocycles. The molecule has 1 aliphatic rings. The maximum Gasteiger partial charge on any atom is 0.236 e. The number of piperidine rings is 1. The molecule has 1 amide bonds. The minimum atomic E-state index is -0.898. The van der Waals surface area contributed by atoms with Gasteiger partial charge < -0.3 is 9.88 Å². The lowest BCUT2D eigenvalue weighted by Crippen LogP contribution is -2.42. The van der Waals surface area contributed by atoms with Crippen molar-refractivity contribution in [2.24, 2.45) is 0 Å². The van der Waals surface area contributed by atoms with Crippen LogP contribution in [-0.2, 0) is 4.79 Å². The van der Waals surface area contributed by atoms with Crippen molar-refractivity contribution in [3.05, 3.63) is 41.9 Å². The Morgan fingerprint density at radius 3 is 2.96 bits per heavy atom. The number of hydrogen-bond acceptors (Lipinski definition) is 3. The number of thioether (sulfide) groups is 1. The lowest BCUT2D eigenvalue weighted by molar-refractivity contribution is -0.134.